The fourth-order valence-corrected chi connectivity index (χ4v) is 7.02. The van der Waals surface area contributed by atoms with E-state index in [2.05, 4.69) is 0 Å². The summed E-state index contributed by atoms with van der Waals surface area (Å²) < 4.78 is 0. The van der Waals surface area contributed by atoms with Crippen LogP contribution in [-0.4, -0.2) is 45.0 Å². The lowest BCUT2D eigenvalue weighted by molar-refractivity contribution is -0.384. The molecule has 8 rings (SSSR count). The number of Topliss-reactive ketones (excluding diaryl/α,β-unsaturated/α-hetero) is 1. The molecule has 9 nitrogen and oxygen atoms in total. The third-order valence-corrected chi connectivity index (χ3v) is 8.92. The Labute approximate surface area is 250 Å². The average molecular weight is 592 g/mol. The number of non-ortho nitro benzene ring substituents is 1. The maximum atomic E-state index is 14.3. The molecular formula is C33H22ClN3O6. The highest BCUT2D eigenvalue weighted by Gasteiger charge is 2.63. The Bertz CT molecular complexity index is 1760. The number of benzene rings is 4. The first kappa shape index (κ1) is 26.7. The van der Waals surface area contributed by atoms with E-state index < -0.39 is 58.6 Å². The zero-order chi connectivity index (χ0) is 30.0. The Morgan fingerprint density at radius 1 is 0.744 bits per heavy atom. The summed E-state index contributed by atoms with van der Waals surface area (Å²) in [7, 11) is 0. The van der Waals surface area contributed by atoms with Crippen molar-refractivity contribution in [3.05, 3.63) is 146 Å². The van der Waals surface area contributed by atoms with Gasteiger partial charge in [0.25, 0.3) is 23.4 Å². The minimum Gasteiger partial charge on any atom is -0.292 e. The van der Waals surface area contributed by atoms with Crippen molar-refractivity contribution >= 4 is 40.8 Å². The smallest absolute Gasteiger partial charge is 0.273 e. The Morgan fingerprint density at radius 2 is 1.26 bits per heavy atom. The third-order valence-electron chi connectivity index (χ3n) is 8.66. The number of nitro groups is 1. The van der Waals surface area contributed by atoms with Gasteiger partial charge < -0.3 is 0 Å². The van der Waals surface area contributed by atoms with Crippen molar-refractivity contribution in [3.8, 4) is 0 Å². The molecule has 4 aromatic carbocycles. The number of nitrogens with zero attached hydrogens (tertiary/aromatic N) is 3. The van der Waals surface area contributed by atoms with E-state index in [0.29, 0.717) is 5.02 Å². The van der Waals surface area contributed by atoms with Crippen LogP contribution < -0.4 is 0 Å². The van der Waals surface area contributed by atoms with Crippen LogP contribution in [0.4, 0.5) is 5.69 Å². The molecule has 1 fully saturated rings. The third kappa shape index (κ3) is 4.07. The molecule has 0 N–H and O–H groups in total. The number of hydrogen-bond acceptors (Lipinski definition) is 6. The second-order valence-electron chi connectivity index (χ2n) is 10.9. The molecule has 3 amide bonds. The van der Waals surface area contributed by atoms with Gasteiger partial charge in [-0.2, -0.15) is 5.01 Å². The molecule has 212 valence electrons. The SMILES string of the molecule is O=C(CN(C(=O)c1cccc([N+](=O)[O-])c1)N1C(=O)[C@H]2C3c4ccccc4C(c4ccccc43)[C@@H]2C1=O)c1ccc(Cl)cc1. The highest BCUT2D eigenvalue weighted by Crippen LogP contribution is 2.61. The van der Waals surface area contributed by atoms with Crippen LogP contribution in [0.5, 0.6) is 0 Å². The zero-order valence-electron chi connectivity index (χ0n) is 22.4. The van der Waals surface area contributed by atoms with Crippen LogP contribution in [0, 0.1) is 22.0 Å². The molecule has 1 aliphatic heterocycles. The standard InChI is InChI=1S/C33H22ClN3O6/c34-20-14-12-18(13-15-20)26(38)17-35(31(39)19-6-5-7-21(16-19)37(42)43)36-32(40)29-27-22-8-1-2-9-23(22)28(30(29)33(36)41)25-11-4-3-10-24(25)27/h1-16,27-30H,17H2/t27?,28?,29-,30-/m0/s1. The molecule has 3 aliphatic carbocycles. The molecule has 0 spiro atoms. The summed E-state index contributed by atoms with van der Waals surface area (Å²) in [5, 5.41) is 13.5. The maximum absolute atomic E-state index is 14.3. The van der Waals surface area contributed by atoms with Crippen LogP contribution in [0.3, 0.4) is 0 Å². The predicted molar refractivity (Wildman–Crippen MR) is 155 cm³/mol. The number of rotatable bonds is 6. The van der Waals surface area contributed by atoms with Gasteiger partial charge >= 0.3 is 0 Å². The van der Waals surface area contributed by atoms with Gasteiger partial charge in [0.05, 0.1) is 16.8 Å². The predicted octanol–water partition coefficient (Wildman–Crippen LogP) is 5.38. The van der Waals surface area contributed by atoms with Crippen LogP contribution in [0.15, 0.2) is 97.1 Å². The molecule has 0 saturated carbocycles. The lowest BCUT2D eigenvalue weighted by Crippen LogP contribution is -2.52. The van der Waals surface area contributed by atoms with E-state index in [1.165, 1.54) is 42.5 Å². The van der Waals surface area contributed by atoms with Gasteiger partial charge in [0.2, 0.25) is 0 Å². The van der Waals surface area contributed by atoms with Crippen molar-refractivity contribution < 1.29 is 24.1 Å². The van der Waals surface area contributed by atoms with Gasteiger partial charge in [-0.3, -0.25) is 29.3 Å². The first-order valence-corrected chi connectivity index (χ1v) is 14.0. The first-order valence-electron chi connectivity index (χ1n) is 13.7. The molecule has 2 bridgehead atoms. The van der Waals surface area contributed by atoms with Crippen LogP contribution in [0.2, 0.25) is 5.02 Å². The number of ketones is 1. The van der Waals surface area contributed by atoms with E-state index in [9.17, 15) is 29.3 Å². The van der Waals surface area contributed by atoms with E-state index in [4.69, 9.17) is 11.6 Å². The van der Waals surface area contributed by atoms with Crippen molar-refractivity contribution in [1.82, 2.24) is 10.0 Å². The number of hydrazine groups is 1. The van der Waals surface area contributed by atoms with Crippen molar-refractivity contribution in [2.75, 3.05) is 6.54 Å². The Morgan fingerprint density at radius 3 is 1.74 bits per heavy atom. The molecule has 1 saturated heterocycles. The van der Waals surface area contributed by atoms with Crippen LogP contribution in [0.25, 0.3) is 0 Å². The number of halogens is 1. The largest absolute Gasteiger partial charge is 0.292 e. The molecular weight excluding hydrogens is 570 g/mol. The van der Waals surface area contributed by atoms with Crippen molar-refractivity contribution in [3.63, 3.8) is 0 Å². The highest BCUT2D eigenvalue weighted by atomic mass is 35.5. The number of hydrogen-bond donors (Lipinski definition) is 0. The Kier molecular flexibility index (Phi) is 6.21. The summed E-state index contributed by atoms with van der Waals surface area (Å²) >= 11 is 5.99. The van der Waals surface area contributed by atoms with Crippen molar-refractivity contribution in [2.45, 2.75) is 11.8 Å². The normalized spacial score (nSPS) is 21.2. The molecule has 4 aliphatic rings. The van der Waals surface area contributed by atoms with Crippen molar-refractivity contribution in [1.29, 1.82) is 0 Å². The summed E-state index contributed by atoms with van der Waals surface area (Å²) in [6.45, 7) is -0.644. The fraction of sp³-hybridized carbons (Fsp3) is 0.152. The number of carbonyl (C=O) groups is 4. The van der Waals surface area contributed by atoms with Gasteiger partial charge in [-0.1, -0.05) is 66.2 Å². The lowest BCUT2D eigenvalue weighted by atomic mass is 9.55. The van der Waals surface area contributed by atoms with Gasteiger partial charge in [-0.25, -0.2) is 5.01 Å². The fourth-order valence-electron chi connectivity index (χ4n) is 6.90. The van der Waals surface area contributed by atoms with Crippen LogP contribution in [0.1, 0.15) is 54.8 Å². The quantitative estimate of drug-likeness (QED) is 0.129. The van der Waals surface area contributed by atoms with E-state index in [0.717, 1.165) is 38.3 Å². The van der Waals surface area contributed by atoms with Gasteiger partial charge in [0, 0.05) is 40.1 Å². The molecule has 2 atom stereocenters. The Hall–Kier alpha value is -5.15. The molecule has 10 heteroatoms. The summed E-state index contributed by atoms with van der Waals surface area (Å²) in [4.78, 5) is 67.0. The minimum atomic E-state index is -0.881. The van der Waals surface area contributed by atoms with Crippen molar-refractivity contribution in [2.24, 2.45) is 11.8 Å². The molecule has 43 heavy (non-hydrogen) atoms. The summed E-state index contributed by atoms with van der Waals surface area (Å²) in [6, 6.07) is 26.5. The number of imide groups is 1. The monoisotopic (exact) mass is 591 g/mol. The molecule has 1 heterocycles. The molecule has 0 unspecified atom stereocenters. The first-order chi connectivity index (χ1) is 20.8. The number of nitro benzene ring substituents is 1. The van der Waals surface area contributed by atoms with Gasteiger partial charge in [0.1, 0.15) is 6.54 Å². The Balaban J connectivity index is 1.33. The van der Waals surface area contributed by atoms with Gasteiger partial charge in [-0.15, -0.1) is 0 Å². The molecule has 0 aromatic heterocycles. The topological polar surface area (TPSA) is 118 Å². The minimum absolute atomic E-state index is 0.136. The lowest BCUT2D eigenvalue weighted by Gasteiger charge is -2.45. The van der Waals surface area contributed by atoms with E-state index in [1.807, 2.05) is 48.5 Å². The summed E-state index contributed by atoms with van der Waals surface area (Å²) in [6.07, 6.45) is 0. The molecule has 4 aromatic rings. The van der Waals surface area contributed by atoms with E-state index in [-0.39, 0.29) is 16.8 Å². The van der Waals surface area contributed by atoms with Gasteiger partial charge in [-0.05, 0) is 52.6 Å². The van der Waals surface area contributed by atoms with Crippen LogP contribution in [-0.2, 0) is 9.59 Å². The highest BCUT2D eigenvalue weighted by molar-refractivity contribution is 6.30. The second-order valence-corrected chi connectivity index (χ2v) is 11.3. The van der Waals surface area contributed by atoms with Gasteiger partial charge in [0.15, 0.2) is 5.78 Å². The second kappa shape index (κ2) is 9.99. The summed E-state index contributed by atoms with van der Waals surface area (Å²) in [5.74, 6) is -4.99. The number of carbonyl (C=O) groups excluding carboxylic acids is 4. The summed E-state index contributed by atoms with van der Waals surface area (Å²) in [5.41, 5.74) is 3.59. The van der Waals surface area contributed by atoms with Crippen LogP contribution >= 0.6 is 11.6 Å². The molecule has 0 radical (unpaired) electrons. The number of amides is 3. The van der Waals surface area contributed by atoms with E-state index >= 15 is 0 Å². The maximum Gasteiger partial charge on any atom is 0.273 e. The average Bonchev–Trinajstić information content (AvgIpc) is 3.29. The zero-order valence-corrected chi connectivity index (χ0v) is 23.2. The van der Waals surface area contributed by atoms with E-state index in [1.54, 1.807) is 0 Å².